The number of hydrogen-bond donors (Lipinski definition) is 1. The Bertz CT molecular complexity index is 659. The molecule has 0 aliphatic rings. The number of carbonyl (C=O) groups is 1. The van der Waals surface area contributed by atoms with Gasteiger partial charge in [0.1, 0.15) is 0 Å². The Morgan fingerprint density at radius 1 is 1.32 bits per heavy atom. The molecule has 0 aliphatic carbocycles. The maximum Gasteiger partial charge on any atom is 0.265 e. The summed E-state index contributed by atoms with van der Waals surface area (Å²) in [5.41, 5.74) is 1.65. The standard InChI is InChI=1S/C16H15BrN2O2S/c1-22-15-4-2-3-14(9-15)19-16(20)11-21-18-10-12-5-7-13(17)8-6-12/h2-10H,11H2,1H3,(H,19,20)/b18-10-. The van der Waals surface area contributed by atoms with E-state index in [1.165, 1.54) is 0 Å². The molecule has 0 atom stereocenters. The molecule has 0 aliphatic heterocycles. The molecule has 0 aromatic heterocycles. The van der Waals surface area contributed by atoms with Gasteiger partial charge in [-0.15, -0.1) is 11.8 Å². The van der Waals surface area contributed by atoms with Gasteiger partial charge in [0.25, 0.3) is 5.91 Å². The van der Waals surface area contributed by atoms with Gasteiger partial charge in [0.2, 0.25) is 0 Å². The molecule has 0 saturated carbocycles. The predicted octanol–water partition coefficient (Wildman–Crippen LogP) is 4.16. The van der Waals surface area contributed by atoms with E-state index in [1.54, 1.807) is 18.0 Å². The van der Waals surface area contributed by atoms with Gasteiger partial charge in [0, 0.05) is 15.1 Å². The number of anilines is 1. The number of amides is 1. The van der Waals surface area contributed by atoms with E-state index < -0.39 is 0 Å². The quantitative estimate of drug-likeness (QED) is 0.466. The zero-order valence-electron chi connectivity index (χ0n) is 12.0. The number of halogens is 1. The first-order valence-electron chi connectivity index (χ1n) is 6.52. The van der Waals surface area contributed by atoms with E-state index in [2.05, 4.69) is 26.4 Å². The molecule has 0 saturated heterocycles. The van der Waals surface area contributed by atoms with Crippen molar-refractivity contribution in [1.82, 2.24) is 0 Å². The zero-order chi connectivity index (χ0) is 15.8. The molecule has 0 spiro atoms. The number of benzene rings is 2. The van der Waals surface area contributed by atoms with Gasteiger partial charge < -0.3 is 10.2 Å². The molecular weight excluding hydrogens is 364 g/mol. The van der Waals surface area contributed by atoms with Gasteiger partial charge in [-0.3, -0.25) is 4.79 Å². The van der Waals surface area contributed by atoms with Crippen molar-refractivity contribution in [2.75, 3.05) is 18.2 Å². The van der Waals surface area contributed by atoms with Gasteiger partial charge >= 0.3 is 0 Å². The van der Waals surface area contributed by atoms with E-state index in [1.807, 2.05) is 54.8 Å². The normalized spacial score (nSPS) is 10.6. The molecule has 6 heteroatoms. The molecule has 0 radical (unpaired) electrons. The highest BCUT2D eigenvalue weighted by Crippen LogP contribution is 2.18. The second-order valence-electron chi connectivity index (χ2n) is 4.34. The Morgan fingerprint density at radius 3 is 2.82 bits per heavy atom. The highest BCUT2D eigenvalue weighted by molar-refractivity contribution is 9.10. The summed E-state index contributed by atoms with van der Waals surface area (Å²) in [5, 5.41) is 6.55. The fourth-order valence-corrected chi connectivity index (χ4v) is 2.36. The summed E-state index contributed by atoms with van der Waals surface area (Å²) in [6.07, 6.45) is 3.55. The van der Waals surface area contributed by atoms with Gasteiger partial charge in [-0.05, 0) is 42.2 Å². The zero-order valence-corrected chi connectivity index (χ0v) is 14.4. The van der Waals surface area contributed by atoms with E-state index in [0.717, 1.165) is 20.6 Å². The van der Waals surface area contributed by atoms with Crippen LogP contribution in [-0.4, -0.2) is 25.0 Å². The third-order valence-corrected chi connectivity index (χ3v) is 3.95. The van der Waals surface area contributed by atoms with Crippen LogP contribution in [0.25, 0.3) is 0 Å². The Hall–Kier alpha value is -1.79. The van der Waals surface area contributed by atoms with Crippen molar-refractivity contribution in [1.29, 1.82) is 0 Å². The van der Waals surface area contributed by atoms with Crippen LogP contribution >= 0.6 is 27.7 Å². The van der Waals surface area contributed by atoms with Gasteiger partial charge in [-0.25, -0.2) is 0 Å². The van der Waals surface area contributed by atoms with E-state index >= 15 is 0 Å². The maximum atomic E-state index is 11.7. The Labute approximate surface area is 142 Å². The van der Waals surface area contributed by atoms with E-state index in [9.17, 15) is 4.79 Å². The molecule has 1 N–H and O–H groups in total. The fraction of sp³-hybridized carbons (Fsp3) is 0.125. The minimum Gasteiger partial charge on any atom is -0.386 e. The highest BCUT2D eigenvalue weighted by Gasteiger charge is 2.03. The van der Waals surface area contributed by atoms with E-state index in [-0.39, 0.29) is 12.5 Å². The van der Waals surface area contributed by atoms with Gasteiger partial charge in [-0.2, -0.15) is 0 Å². The van der Waals surface area contributed by atoms with Crippen molar-refractivity contribution in [2.24, 2.45) is 5.16 Å². The highest BCUT2D eigenvalue weighted by atomic mass is 79.9. The predicted molar refractivity (Wildman–Crippen MR) is 94.5 cm³/mol. The number of rotatable bonds is 6. The van der Waals surface area contributed by atoms with Crippen LogP contribution in [0.4, 0.5) is 5.69 Å². The van der Waals surface area contributed by atoms with Crippen LogP contribution in [0.5, 0.6) is 0 Å². The lowest BCUT2D eigenvalue weighted by Crippen LogP contribution is -2.16. The fourth-order valence-electron chi connectivity index (χ4n) is 1.64. The number of nitrogens with one attached hydrogen (secondary N) is 1. The molecule has 114 valence electrons. The summed E-state index contributed by atoms with van der Waals surface area (Å²) in [6, 6.07) is 15.2. The van der Waals surface area contributed by atoms with Crippen LogP contribution in [-0.2, 0) is 9.63 Å². The molecular formula is C16H15BrN2O2S. The lowest BCUT2D eigenvalue weighted by Gasteiger charge is -2.05. The topological polar surface area (TPSA) is 50.7 Å². The third kappa shape index (κ3) is 5.54. The number of hydrogen-bond acceptors (Lipinski definition) is 4. The molecule has 1 amide bonds. The largest absolute Gasteiger partial charge is 0.386 e. The monoisotopic (exact) mass is 378 g/mol. The van der Waals surface area contributed by atoms with Crippen molar-refractivity contribution in [3.8, 4) is 0 Å². The van der Waals surface area contributed by atoms with Crippen LogP contribution in [0.3, 0.4) is 0 Å². The average Bonchev–Trinajstić information content (AvgIpc) is 2.53. The van der Waals surface area contributed by atoms with Crippen molar-refractivity contribution in [2.45, 2.75) is 4.90 Å². The molecule has 2 aromatic carbocycles. The summed E-state index contributed by atoms with van der Waals surface area (Å²) in [5.74, 6) is -0.244. The molecule has 2 aromatic rings. The Balaban J connectivity index is 1.78. The van der Waals surface area contributed by atoms with Crippen LogP contribution in [0, 0.1) is 0 Å². The number of thioether (sulfide) groups is 1. The Morgan fingerprint density at radius 2 is 2.09 bits per heavy atom. The van der Waals surface area contributed by atoms with Gasteiger partial charge in [0.05, 0.1) is 6.21 Å². The summed E-state index contributed by atoms with van der Waals surface area (Å²) in [7, 11) is 0. The summed E-state index contributed by atoms with van der Waals surface area (Å²) < 4.78 is 0.998. The van der Waals surface area contributed by atoms with Crippen molar-refractivity contribution in [3.63, 3.8) is 0 Å². The first kappa shape index (κ1) is 16.6. The van der Waals surface area contributed by atoms with Gasteiger partial charge in [-0.1, -0.05) is 39.3 Å². The molecule has 0 bridgehead atoms. The van der Waals surface area contributed by atoms with E-state index in [4.69, 9.17) is 4.84 Å². The molecule has 0 fully saturated rings. The lowest BCUT2D eigenvalue weighted by molar-refractivity contribution is -0.120. The Kier molecular flexibility index (Phi) is 6.48. The molecule has 22 heavy (non-hydrogen) atoms. The summed E-state index contributed by atoms with van der Waals surface area (Å²) in [4.78, 5) is 17.8. The first-order chi connectivity index (χ1) is 10.7. The smallest absolute Gasteiger partial charge is 0.265 e. The van der Waals surface area contributed by atoms with Crippen LogP contribution in [0.1, 0.15) is 5.56 Å². The lowest BCUT2D eigenvalue weighted by atomic mass is 10.2. The first-order valence-corrected chi connectivity index (χ1v) is 8.54. The van der Waals surface area contributed by atoms with Crippen molar-refractivity contribution >= 4 is 45.5 Å². The summed E-state index contributed by atoms with van der Waals surface area (Å²) in [6.45, 7) is -0.128. The number of carbonyl (C=O) groups excluding carboxylic acids is 1. The van der Waals surface area contributed by atoms with Crippen molar-refractivity contribution < 1.29 is 9.63 Å². The van der Waals surface area contributed by atoms with Crippen molar-refractivity contribution in [3.05, 3.63) is 58.6 Å². The molecule has 0 unspecified atom stereocenters. The van der Waals surface area contributed by atoms with Gasteiger partial charge in [0.15, 0.2) is 6.61 Å². The number of nitrogens with zero attached hydrogens (tertiary/aromatic N) is 1. The second kappa shape index (κ2) is 8.60. The van der Waals surface area contributed by atoms with Crippen LogP contribution < -0.4 is 5.32 Å². The minimum atomic E-state index is -0.244. The summed E-state index contributed by atoms with van der Waals surface area (Å²) >= 11 is 4.98. The average molecular weight is 379 g/mol. The molecule has 2 rings (SSSR count). The SMILES string of the molecule is CSc1cccc(NC(=O)CO/N=C\c2ccc(Br)cc2)c1. The van der Waals surface area contributed by atoms with Crippen LogP contribution in [0.15, 0.2) is 63.1 Å². The number of oxime groups is 1. The molecule has 0 heterocycles. The minimum absolute atomic E-state index is 0.128. The van der Waals surface area contributed by atoms with E-state index in [0.29, 0.717) is 0 Å². The maximum absolute atomic E-state index is 11.7. The molecule has 4 nitrogen and oxygen atoms in total. The van der Waals surface area contributed by atoms with Crippen LogP contribution in [0.2, 0.25) is 0 Å². The third-order valence-electron chi connectivity index (χ3n) is 2.70. The second-order valence-corrected chi connectivity index (χ2v) is 6.13.